The first-order valence-corrected chi connectivity index (χ1v) is 10.2. The van der Waals surface area contributed by atoms with Crippen molar-refractivity contribution in [3.05, 3.63) is 45.1 Å². The molecule has 1 aromatic rings. The first-order valence-electron chi connectivity index (χ1n) is 10.2. The summed E-state index contributed by atoms with van der Waals surface area (Å²) in [5.74, 6) is -1.99. The molecule has 2 unspecified atom stereocenters. The molecule has 0 fully saturated rings. The molecule has 0 aliphatic carbocycles. The maximum absolute atomic E-state index is 13.0. The Balaban J connectivity index is 2.27. The molecule has 0 saturated heterocycles. The standard InChI is InChI=1S/C22H27N3O6/c1-6-14-19(20-24-22(4,5)11-31-20)18(17(12(3)23-14)21(27)30-7-2)13-8-9-16(26)15(10-13)25(28)29/h8-10,17-18,26H,6-7,11H2,1-5H3. The van der Waals surface area contributed by atoms with E-state index in [1.807, 2.05) is 20.8 Å². The highest BCUT2D eigenvalue weighted by Crippen LogP contribution is 2.44. The van der Waals surface area contributed by atoms with E-state index in [1.54, 1.807) is 19.9 Å². The van der Waals surface area contributed by atoms with Crippen molar-refractivity contribution in [3.8, 4) is 5.75 Å². The summed E-state index contributed by atoms with van der Waals surface area (Å²) in [5, 5.41) is 21.4. The summed E-state index contributed by atoms with van der Waals surface area (Å²) >= 11 is 0. The van der Waals surface area contributed by atoms with E-state index >= 15 is 0 Å². The lowest BCUT2D eigenvalue weighted by Gasteiger charge is -2.32. The van der Waals surface area contributed by atoms with Crippen molar-refractivity contribution in [2.75, 3.05) is 13.2 Å². The lowest BCUT2D eigenvalue weighted by molar-refractivity contribution is -0.385. The maximum Gasteiger partial charge on any atom is 0.315 e. The first-order chi connectivity index (χ1) is 14.6. The molecule has 0 bridgehead atoms. The van der Waals surface area contributed by atoms with Gasteiger partial charge in [-0.25, -0.2) is 4.99 Å². The van der Waals surface area contributed by atoms with Crippen molar-refractivity contribution in [1.29, 1.82) is 0 Å². The second kappa shape index (κ2) is 8.49. The first kappa shape index (κ1) is 22.5. The number of hydrogen-bond donors (Lipinski definition) is 1. The molecule has 2 aliphatic rings. The van der Waals surface area contributed by atoms with Crippen molar-refractivity contribution < 1.29 is 24.3 Å². The summed E-state index contributed by atoms with van der Waals surface area (Å²) in [7, 11) is 0. The van der Waals surface area contributed by atoms with Crippen molar-refractivity contribution >= 4 is 23.3 Å². The van der Waals surface area contributed by atoms with Crippen LogP contribution in [-0.4, -0.2) is 46.4 Å². The average Bonchev–Trinajstić information content (AvgIpc) is 3.06. The second-order valence-electron chi connectivity index (χ2n) is 8.20. The highest BCUT2D eigenvalue weighted by molar-refractivity contribution is 6.08. The van der Waals surface area contributed by atoms with Crippen LogP contribution in [0.2, 0.25) is 0 Å². The number of benzene rings is 1. The van der Waals surface area contributed by atoms with E-state index in [-0.39, 0.29) is 6.61 Å². The van der Waals surface area contributed by atoms with E-state index in [0.717, 1.165) is 0 Å². The van der Waals surface area contributed by atoms with Crippen LogP contribution in [-0.2, 0) is 14.3 Å². The van der Waals surface area contributed by atoms with Crippen LogP contribution in [0, 0.1) is 16.0 Å². The van der Waals surface area contributed by atoms with E-state index in [2.05, 4.69) is 9.98 Å². The predicted molar refractivity (Wildman–Crippen MR) is 116 cm³/mol. The number of carbonyl (C=O) groups is 1. The van der Waals surface area contributed by atoms with Gasteiger partial charge in [-0.05, 0) is 45.7 Å². The minimum atomic E-state index is -0.801. The van der Waals surface area contributed by atoms with E-state index in [9.17, 15) is 20.0 Å². The highest BCUT2D eigenvalue weighted by atomic mass is 16.6. The Hall–Kier alpha value is -3.23. The molecule has 166 valence electrons. The van der Waals surface area contributed by atoms with Crippen molar-refractivity contribution in [3.63, 3.8) is 0 Å². The lowest BCUT2D eigenvalue weighted by Crippen LogP contribution is -2.36. The molecule has 2 aliphatic heterocycles. The number of esters is 1. The Morgan fingerprint density at radius 2 is 2.10 bits per heavy atom. The molecule has 3 rings (SSSR count). The van der Waals surface area contributed by atoms with Gasteiger partial charge in [0, 0.05) is 29.0 Å². The lowest BCUT2D eigenvalue weighted by atomic mass is 9.75. The van der Waals surface area contributed by atoms with Gasteiger partial charge in [-0.1, -0.05) is 13.0 Å². The van der Waals surface area contributed by atoms with Gasteiger partial charge >= 0.3 is 11.7 Å². The number of phenols is 1. The topological polar surface area (TPSA) is 124 Å². The van der Waals surface area contributed by atoms with Crippen molar-refractivity contribution in [1.82, 2.24) is 0 Å². The third-order valence-electron chi connectivity index (χ3n) is 5.34. The molecule has 0 aromatic heterocycles. The number of nitrogens with zero attached hydrogens (tertiary/aromatic N) is 3. The Morgan fingerprint density at radius 1 is 1.39 bits per heavy atom. The number of nitro groups is 1. The average molecular weight is 429 g/mol. The zero-order valence-corrected chi connectivity index (χ0v) is 18.3. The highest BCUT2D eigenvalue weighted by Gasteiger charge is 2.44. The number of hydrogen-bond acceptors (Lipinski definition) is 8. The molecule has 1 N–H and O–H groups in total. The molecule has 0 saturated carbocycles. The zero-order chi connectivity index (χ0) is 22.9. The Kier molecular flexibility index (Phi) is 6.15. The largest absolute Gasteiger partial charge is 0.502 e. The molecular weight excluding hydrogens is 402 g/mol. The van der Waals surface area contributed by atoms with Crippen LogP contribution in [0.1, 0.15) is 52.5 Å². The fourth-order valence-electron chi connectivity index (χ4n) is 3.96. The van der Waals surface area contributed by atoms with E-state index in [1.165, 1.54) is 12.1 Å². The molecule has 2 atom stereocenters. The fraction of sp³-hybridized carbons (Fsp3) is 0.500. The summed E-state index contributed by atoms with van der Waals surface area (Å²) in [4.78, 5) is 33.1. The third kappa shape index (κ3) is 4.30. The van der Waals surface area contributed by atoms with Gasteiger partial charge in [0.05, 0.1) is 17.1 Å². The monoisotopic (exact) mass is 429 g/mol. The van der Waals surface area contributed by atoms with Crippen LogP contribution in [0.3, 0.4) is 0 Å². The molecule has 0 spiro atoms. The number of nitro benzene ring substituents is 1. The quantitative estimate of drug-likeness (QED) is 0.415. The number of ether oxygens (including phenoxy) is 2. The van der Waals surface area contributed by atoms with Crippen LogP contribution >= 0.6 is 0 Å². The maximum atomic E-state index is 13.0. The molecule has 9 heteroatoms. The zero-order valence-electron chi connectivity index (χ0n) is 18.3. The third-order valence-corrected chi connectivity index (χ3v) is 5.34. The smallest absolute Gasteiger partial charge is 0.315 e. The van der Waals surface area contributed by atoms with Gasteiger partial charge in [0.1, 0.15) is 12.5 Å². The molecule has 9 nitrogen and oxygen atoms in total. The van der Waals surface area contributed by atoms with E-state index in [0.29, 0.717) is 41.5 Å². The number of allylic oxidation sites excluding steroid dienone is 1. The number of aromatic hydroxyl groups is 1. The fourth-order valence-corrected chi connectivity index (χ4v) is 3.96. The van der Waals surface area contributed by atoms with E-state index < -0.39 is 39.7 Å². The van der Waals surface area contributed by atoms with Crippen LogP contribution in [0.25, 0.3) is 0 Å². The summed E-state index contributed by atoms with van der Waals surface area (Å²) < 4.78 is 11.2. The predicted octanol–water partition coefficient (Wildman–Crippen LogP) is 3.91. The molecule has 31 heavy (non-hydrogen) atoms. The van der Waals surface area contributed by atoms with Gasteiger partial charge < -0.3 is 14.6 Å². The van der Waals surface area contributed by atoms with Gasteiger partial charge in [-0.15, -0.1) is 0 Å². The molecule has 0 amide bonds. The molecule has 2 heterocycles. The van der Waals surface area contributed by atoms with Gasteiger partial charge in [-0.3, -0.25) is 19.9 Å². The minimum absolute atomic E-state index is 0.190. The SMILES string of the molecule is CCOC(=O)C1C(C)=NC(CC)=C(C2=NC(C)(C)CO2)C1c1ccc(O)c([N+](=O)[O-])c1. The van der Waals surface area contributed by atoms with E-state index in [4.69, 9.17) is 9.47 Å². The van der Waals surface area contributed by atoms with Gasteiger partial charge in [-0.2, -0.15) is 0 Å². The van der Waals surface area contributed by atoms with Crippen molar-refractivity contribution in [2.24, 2.45) is 15.9 Å². The summed E-state index contributed by atoms with van der Waals surface area (Å²) in [6, 6.07) is 4.13. The van der Waals surface area contributed by atoms with Crippen LogP contribution in [0.15, 0.2) is 39.5 Å². The summed E-state index contributed by atoms with van der Waals surface area (Å²) in [6.45, 7) is 9.84. The van der Waals surface area contributed by atoms with Crippen molar-refractivity contribution in [2.45, 2.75) is 52.5 Å². The molecule has 0 radical (unpaired) electrons. The van der Waals surface area contributed by atoms with Gasteiger partial charge in [0.15, 0.2) is 5.75 Å². The van der Waals surface area contributed by atoms with Crippen LogP contribution < -0.4 is 0 Å². The number of rotatable bonds is 6. The van der Waals surface area contributed by atoms with Gasteiger partial charge in [0.25, 0.3) is 0 Å². The van der Waals surface area contributed by atoms with Crippen LogP contribution in [0.4, 0.5) is 5.69 Å². The summed E-state index contributed by atoms with van der Waals surface area (Å²) in [6.07, 6.45) is 0.557. The number of aliphatic imine (C=N–C) groups is 2. The molecular formula is C22H27N3O6. The minimum Gasteiger partial charge on any atom is -0.502 e. The normalized spacial score (nSPS) is 22.5. The Labute approximate surface area is 180 Å². The van der Waals surface area contributed by atoms with Gasteiger partial charge in [0.2, 0.25) is 5.90 Å². The number of phenolic OH excluding ortho intramolecular Hbond substituents is 1. The van der Waals surface area contributed by atoms with Crippen LogP contribution in [0.5, 0.6) is 5.75 Å². The summed E-state index contributed by atoms with van der Waals surface area (Å²) in [5.41, 5.74) is 1.48. The Morgan fingerprint density at radius 3 is 2.65 bits per heavy atom. The second-order valence-corrected chi connectivity index (χ2v) is 8.20. The molecule has 1 aromatic carbocycles. The Bertz CT molecular complexity index is 1010. The number of carbonyl (C=O) groups excluding carboxylic acids is 1.